The minimum absolute atomic E-state index is 0.381. The highest BCUT2D eigenvalue weighted by molar-refractivity contribution is 5.42. The summed E-state index contributed by atoms with van der Waals surface area (Å²) in [7, 11) is 1.92. The Bertz CT molecular complexity index is 572. The molecule has 0 aliphatic carbocycles. The van der Waals surface area contributed by atoms with Gasteiger partial charge in [-0.1, -0.05) is 12.5 Å². The molecule has 21 heavy (non-hydrogen) atoms. The molecular formula is C16H21N5. The highest BCUT2D eigenvalue weighted by Crippen LogP contribution is 2.31. The summed E-state index contributed by atoms with van der Waals surface area (Å²) in [5.74, 6) is 0.963. The number of hydrogen-bond acceptors (Lipinski definition) is 5. The highest BCUT2D eigenvalue weighted by Gasteiger charge is 2.25. The van der Waals surface area contributed by atoms with Gasteiger partial charge in [-0.05, 0) is 31.5 Å². The zero-order valence-corrected chi connectivity index (χ0v) is 12.4. The first-order valence-electron chi connectivity index (χ1n) is 7.50. The number of hydrogen-bond donors (Lipinski definition) is 1. The van der Waals surface area contributed by atoms with E-state index in [0.717, 1.165) is 31.0 Å². The molecule has 0 spiro atoms. The van der Waals surface area contributed by atoms with Gasteiger partial charge in [0.05, 0.1) is 11.7 Å². The van der Waals surface area contributed by atoms with Crippen LogP contribution in [0.15, 0.2) is 36.9 Å². The van der Waals surface area contributed by atoms with Crippen LogP contribution in [0.5, 0.6) is 0 Å². The first kappa shape index (κ1) is 13.9. The normalized spacial score (nSPS) is 19.4. The van der Waals surface area contributed by atoms with E-state index in [0.29, 0.717) is 6.04 Å². The van der Waals surface area contributed by atoms with Gasteiger partial charge in [-0.2, -0.15) is 0 Å². The van der Waals surface area contributed by atoms with Crippen LogP contribution in [0.3, 0.4) is 0 Å². The second-order valence-electron chi connectivity index (χ2n) is 5.38. The molecule has 1 saturated heterocycles. The predicted octanol–water partition coefficient (Wildman–Crippen LogP) is 2.64. The largest absolute Gasteiger partial charge is 0.373 e. The molecular weight excluding hydrogens is 262 g/mol. The van der Waals surface area contributed by atoms with Crippen molar-refractivity contribution in [2.45, 2.75) is 31.8 Å². The Morgan fingerprint density at radius 3 is 3.00 bits per heavy atom. The molecule has 0 radical (unpaired) electrons. The first-order chi connectivity index (χ1) is 10.4. The predicted molar refractivity (Wildman–Crippen MR) is 82.8 cm³/mol. The molecule has 1 N–H and O–H groups in total. The maximum Gasteiger partial charge on any atom is 0.130 e. The van der Waals surface area contributed by atoms with E-state index in [2.05, 4.69) is 31.2 Å². The van der Waals surface area contributed by atoms with E-state index in [1.165, 1.54) is 18.4 Å². The van der Waals surface area contributed by atoms with E-state index in [9.17, 15) is 0 Å². The molecule has 110 valence electrons. The molecule has 3 heterocycles. The van der Waals surface area contributed by atoms with Crippen molar-refractivity contribution in [2.24, 2.45) is 0 Å². The number of anilines is 1. The second-order valence-corrected chi connectivity index (χ2v) is 5.38. The Labute approximate surface area is 125 Å². The summed E-state index contributed by atoms with van der Waals surface area (Å²) in [6.45, 7) is 2.01. The Morgan fingerprint density at radius 2 is 2.19 bits per heavy atom. The van der Waals surface area contributed by atoms with Gasteiger partial charge in [0, 0.05) is 31.5 Å². The molecule has 1 aliphatic rings. The maximum atomic E-state index is 4.45. The Hall–Kier alpha value is -2.01. The minimum Gasteiger partial charge on any atom is -0.373 e. The number of aromatic nitrogens is 3. The van der Waals surface area contributed by atoms with Crippen LogP contribution in [0.4, 0.5) is 5.82 Å². The number of likely N-dealkylation sites (tertiary alicyclic amines) is 1. The zero-order chi connectivity index (χ0) is 14.5. The van der Waals surface area contributed by atoms with Crippen molar-refractivity contribution in [2.75, 3.05) is 18.9 Å². The number of nitrogens with zero attached hydrogens (tertiary/aromatic N) is 4. The Balaban J connectivity index is 1.82. The molecule has 1 atom stereocenters. The minimum atomic E-state index is 0.381. The molecule has 1 fully saturated rings. The van der Waals surface area contributed by atoms with Gasteiger partial charge in [-0.15, -0.1) is 0 Å². The average molecular weight is 283 g/mol. The summed E-state index contributed by atoms with van der Waals surface area (Å²) in [5, 5.41) is 3.18. The molecule has 5 nitrogen and oxygen atoms in total. The van der Waals surface area contributed by atoms with Gasteiger partial charge in [-0.3, -0.25) is 4.90 Å². The third-order valence-corrected chi connectivity index (χ3v) is 4.06. The number of pyridine rings is 1. The van der Waals surface area contributed by atoms with E-state index in [4.69, 9.17) is 0 Å². The lowest BCUT2D eigenvalue weighted by molar-refractivity contribution is 0.137. The molecule has 0 unspecified atom stereocenters. The standard InChI is InChI=1S/C16H21N5/c1-17-16-13(5-4-8-19-16)11-21-10-3-2-6-15(21)14-7-9-18-12-20-14/h4-5,7-9,12,15H,2-3,6,10-11H2,1H3,(H,17,19)/t15-/m1/s1. The Morgan fingerprint density at radius 1 is 1.24 bits per heavy atom. The van der Waals surface area contributed by atoms with Crippen LogP contribution in [-0.2, 0) is 6.54 Å². The van der Waals surface area contributed by atoms with E-state index in [1.807, 2.05) is 31.6 Å². The van der Waals surface area contributed by atoms with Crippen molar-refractivity contribution in [3.8, 4) is 0 Å². The van der Waals surface area contributed by atoms with E-state index in [1.54, 1.807) is 6.33 Å². The summed E-state index contributed by atoms with van der Waals surface area (Å²) in [5.41, 5.74) is 2.36. The molecule has 0 bridgehead atoms. The fourth-order valence-electron chi connectivity index (χ4n) is 3.02. The van der Waals surface area contributed by atoms with Gasteiger partial charge in [0.25, 0.3) is 0 Å². The third-order valence-electron chi connectivity index (χ3n) is 4.06. The van der Waals surface area contributed by atoms with Crippen LogP contribution in [-0.4, -0.2) is 33.4 Å². The van der Waals surface area contributed by atoms with Gasteiger partial charge in [0.1, 0.15) is 12.1 Å². The fourth-order valence-corrected chi connectivity index (χ4v) is 3.02. The molecule has 2 aromatic rings. The SMILES string of the molecule is CNc1ncccc1CN1CCCC[C@@H]1c1ccncn1. The molecule has 3 rings (SSSR count). The van der Waals surface area contributed by atoms with E-state index in [-0.39, 0.29) is 0 Å². The van der Waals surface area contributed by atoms with Crippen LogP contribution >= 0.6 is 0 Å². The Kier molecular flexibility index (Phi) is 4.40. The molecule has 2 aromatic heterocycles. The first-order valence-corrected chi connectivity index (χ1v) is 7.50. The third kappa shape index (κ3) is 3.19. The number of nitrogens with one attached hydrogen (secondary N) is 1. The van der Waals surface area contributed by atoms with Crippen molar-refractivity contribution in [3.05, 3.63) is 48.2 Å². The van der Waals surface area contributed by atoms with Crippen LogP contribution in [0.1, 0.15) is 36.6 Å². The molecule has 0 amide bonds. The lowest BCUT2D eigenvalue weighted by Gasteiger charge is -2.35. The topological polar surface area (TPSA) is 53.9 Å². The van der Waals surface area contributed by atoms with Crippen LogP contribution < -0.4 is 5.32 Å². The van der Waals surface area contributed by atoms with Crippen LogP contribution in [0.25, 0.3) is 0 Å². The smallest absolute Gasteiger partial charge is 0.130 e. The highest BCUT2D eigenvalue weighted by atomic mass is 15.2. The quantitative estimate of drug-likeness (QED) is 0.935. The lowest BCUT2D eigenvalue weighted by Crippen LogP contribution is -2.33. The summed E-state index contributed by atoms with van der Waals surface area (Å²) in [6.07, 6.45) is 8.97. The summed E-state index contributed by atoms with van der Waals surface area (Å²) in [6, 6.07) is 6.56. The zero-order valence-electron chi connectivity index (χ0n) is 12.4. The number of piperidine rings is 1. The van der Waals surface area contributed by atoms with Gasteiger partial charge >= 0.3 is 0 Å². The average Bonchev–Trinajstić information content (AvgIpc) is 2.57. The van der Waals surface area contributed by atoms with Crippen molar-refractivity contribution >= 4 is 5.82 Å². The van der Waals surface area contributed by atoms with Crippen molar-refractivity contribution in [3.63, 3.8) is 0 Å². The van der Waals surface area contributed by atoms with Crippen molar-refractivity contribution in [1.82, 2.24) is 19.9 Å². The van der Waals surface area contributed by atoms with Gasteiger partial charge in [0.15, 0.2) is 0 Å². The van der Waals surface area contributed by atoms with Gasteiger partial charge < -0.3 is 5.32 Å². The monoisotopic (exact) mass is 283 g/mol. The lowest BCUT2D eigenvalue weighted by atomic mass is 9.98. The van der Waals surface area contributed by atoms with Crippen LogP contribution in [0.2, 0.25) is 0 Å². The van der Waals surface area contributed by atoms with Crippen molar-refractivity contribution < 1.29 is 0 Å². The molecule has 0 aromatic carbocycles. The maximum absolute atomic E-state index is 4.45. The second kappa shape index (κ2) is 6.63. The molecule has 0 saturated carbocycles. The van der Waals surface area contributed by atoms with E-state index >= 15 is 0 Å². The molecule has 1 aliphatic heterocycles. The van der Waals surface area contributed by atoms with Crippen LogP contribution in [0, 0.1) is 0 Å². The molecule has 5 heteroatoms. The summed E-state index contributed by atoms with van der Waals surface area (Å²) < 4.78 is 0. The van der Waals surface area contributed by atoms with Gasteiger partial charge in [-0.25, -0.2) is 15.0 Å². The van der Waals surface area contributed by atoms with E-state index < -0.39 is 0 Å². The summed E-state index contributed by atoms with van der Waals surface area (Å²) in [4.78, 5) is 15.4. The fraction of sp³-hybridized carbons (Fsp3) is 0.438. The van der Waals surface area contributed by atoms with Gasteiger partial charge in [0.2, 0.25) is 0 Å². The van der Waals surface area contributed by atoms with Crippen molar-refractivity contribution in [1.29, 1.82) is 0 Å². The summed E-state index contributed by atoms with van der Waals surface area (Å²) >= 11 is 0. The number of rotatable bonds is 4.